The van der Waals surface area contributed by atoms with Gasteiger partial charge in [0.25, 0.3) is 0 Å². The van der Waals surface area contributed by atoms with Crippen molar-refractivity contribution in [2.75, 3.05) is 19.7 Å². The fourth-order valence-corrected chi connectivity index (χ4v) is 1.60. The van der Waals surface area contributed by atoms with E-state index in [-0.39, 0.29) is 5.56 Å². The second-order valence-corrected chi connectivity index (χ2v) is 4.06. The van der Waals surface area contributed by atoms with Crippen molar-refractivity contribution in [1.29, 1.82) is 0 Å². The summed E-state index contributed by atoms with van der Waals surface area (Å²) in [6, 6.07) is 6.64. The number of carbonyl (C=O) groups is 1. The van der Waals surface area contributed by atoms with Crippen molar-refractivity contribution in [2.45, 2.75) is 19.3 Å². The largest absolute Gasteiger partial charge is 0.491 e. The first-order chi connectivity index (χ1) is 9.25. The Bertz CT molecular complexity index is 437. The summed E-state index contributed by atoms with van der Waals surface area (Å²) < 4.78 is 5.45. The first kappa shape index (κ1) is 15.1. The Balaban J connectivity index is 2.19. The molecule has 0 amide bonds. The number of carboxylic acid groups (broad SMARTS) is 1. The van der Waals surface area contributed by atoms with Crippen molar-refractivity contribution >= 4 is 5.97 Å². The van der Waals surface area contributed by atoms with E-state index in [1.165, 1.54) is 6.07 Å². The van der Waals surface area contributed by atoms with E-state index in [9.17, 15) is 4.79 Å². The van der Waals surface area contributed by atoms with E-state index < -0.39 is 5.97 Å². The standard InChI is InChI=1S/C15H19NO3/c1-2-3-4-7-10-16-11-12-19-14-9-6-5-8-13(14)15(17)18/h1,5-6,8-9,16H,3-4,7,10-12H2,(H,17,18). The van der Waals surface area contributed by atoms with Gasteiger partial charge in [-0.25, -0.2) is 4.79 Å². The van der Waals surface area contributed by atoms with E-state index in [4.69, 9.17) is 16.3 Å². The highest BCUT2D eigenvalue weighted by Gasteiger charge is 2.09. The van der Waals surface area contributed by atoms with Gasteiger partial charge in [0.2, 0.25) is 0 Å². The number of nitrogens with one attached hydrogen (secondary N) is 1. The molecule has 0 saturated heterocycles. The Kier molecular flexibility index (Phi) is 7.14. The van der Waals surface area contributed by atoms with E-state index in [1.54, 1.807) is 18.2 Å². The molecule has 0 aliphatic rings. The Morgan fingerprint density at radius 2 is 2.11 bits per heavy atom. The molecule has 0 saturated carbocycles. The monoisotopic (exact) mass is 261 g/mol. The molecule has 1 rings (SSSR count). The summed E-state index contributed by atoms with van der Waals surface area (Å²) in [5.74, 6) is 2.03. The highest BCUT2D eigenvalue weighted by atomic mass is 16.5. The summed E-state index contributed by atoms with van der Waals surface area (Å²) in [4.78, 5) is 10.9. The number of ether oxygens (including phenoxy) is 1. The topological polar surface area (TPSA) is 58.6 Å². The van der Waals surface area contributed by atoms with E-state index in [0.29, 0.717) is 18.9 Å². The van der Waals surface area contributed by atoms with Crippen LogP contribution in [0.15, 0.2) is 24.3 Å². The van der Waals surface area contributed by atoms with E-state index >= 15 is 0 Å². The summed E-state index contributed by atoms with van der Waals surface area (Å²) in [5.41, 5.74) is 0.191. The van der Waals surface area contributed by atoms with Crippen molar-refractivity contribution in [3.8, 4) is 18.1 Å². The van der Waals surface area contributed by atoms with Gasteiger partial charge in [0.1, 0.15) is 17.9 Å². The molecule has 2 N–H and O–H groups in total. The molecule has 19 heavy (non-hydrogen) atoms. The summed E-state index contributed by atoms with van der Waals surface area (Å²) in [6.45, 7) is 2.02. The molecule has 0 heterocycles. The van der Waals surface area contributed by atoms with Crippen LogP contribution >= 0.6 is 0 Å². The third-order valence-electron chi connectivity index (χ3n) is 2.58. The molecular weight excluding hydrogens is 242 g/mol. The third kappa shape index (κ3) is 5.94. The smallest absolute Gasteiger partial charge is 0.339 e. The fraction of sp³-hybridized carbons (Fsp3) is 0.400. The zero-order valence-corrected chi connectivity index (χ0v) is 10.9. The van der Waals surface area contributed by atoms with Crippen LogP contribution in [0.25, 0.3) is 0 Å². The van der Waals surface area contributed by atoms with Crippen molar-refractivity contribution < 1.29 is 14.6 Å². The Hall–Kier alpha value is -1.99. The van der Waals surface area contributed by atoms with Crippen LogP contribution < -0.4 is 10.1 Å². The van der Waals surface area contributed by atoms with E-state index in [2.05, 4.69) is 11.2 Å². The second-order valence-electron chi connectivity index (χ2n) is 4.06. The van der Waals surface area contributed by atoms with Gasteiger partial charge in [-0.15, -0.1) is 12.3 Å². The maximum Gasteiger partial charge on any atom is 0.339 e. The van der Waals surface area contributed by atoms with Crippen LogP contribution in [0.5, 0.6) is 5.75 Å². The zero-order chi connectivity index (χ0) is 13.9. The van der Waals surface area contributed by atoms with Gasteiger partial charge in [-0.05, 0) is 31.5 Å². The number of rotatable bonds is 9. The molecule has 0 fully saturated rings. The minimum absolute atomic E-state index is 0.191. The number of hydrogen-bond acceptors (Lipinski definition) is 3. The van der Waals surface area contributed by atoms with Crippen molar-refractivity contribution in [3.63, 3.8) is 0 Å². The first-order valence-electron chi connectivity index (χ1n) is 6.35. The quantitative estimate of drug-likeness (QED) is 0.528. The Morgan fingerprint density at radius 3 is 2.84 bits per heavy atom. The van der Waals surface area contributed by atoms with Gasteiger partial charge in [-0.3, -0.25) is 0 Å². The molecule has 0 aliphatic carbocycles. The third-order valence-corrected chi connectivity index (χ3v) is 2.58. The summed E-state index contributed by atoms with van der Waals surface area (Å²) >= 11 is 0. The lowest BCUT2D eigenvalue weighted by atomic mass is 10.2. The van der Waals surface area contributed by atoms with E-state index in [0.717, 1.165) is 25.8 Å². The molecule has 1 aromatic rings. The maximum absolute atomic E-state index is 10.9. The van der Waals surface area contributed by atoms with Gasteiger partial charge in [0, 0.05) is 13.0 Å². The molecule has 0 radical (unpaired) electrons. The van der Waals surface area contributed by atoms with Crippen molar-refractivity contribution in [1.82, 2.24) is 5.32 Å². The summed E-state index contributed by atoms with van der Waals surface area (Å²) in [5, 5.41) is 12.2. The van der Waals surface area contributed by atoms with Crippen molar-refractivity contribution in [2.24, 2.45) is 0 Å². The zero-order valence-electron chi connectivity index (χ0n) is 10.9. The number of benzene rings is 1. The lowest BCUT2D eigenvalue weighted by Gasteiger charge is -2.09. The number of unbranched alkanes of at least 4 members (excludes halogenated alkanes) is 2. The molecule has 0 aliphatic heterocycles. The average Bonchev–Trinajstić information content (AvgIpc) is 2.42. The minimum atomic E-state index is -0.974. The molecular formula is C15H19NO3. The molecule has 0 unspecified atom stereocenters. The lowest BCUT2D eigenvalue weighted by molar-refractivity contribution is 0.0692. The first-order valence-corrected chi connectivity index (χ1v) is 6.35. The SMILES string of the molecule is C#CCCCCNCCOc1ccccc1C(=O)O. The van der Waals surface area contributed by atoms with Crippen molar-refractivity contribution in [3.05, 3.63) is 29.8 Å². The second kappa shape index (κ2) is 9.01. The predicted octanol–water partition coefficient (Wildman–Crippen LogP) is 2.16. The van der Waals surface area contributed by atoms with Crippen LogP contribution in [-0.4, -0.2) is 30.8 Å². The number of carboxylic acids is 1. The number of aromatic carboxylic acids is 1. The molecule has 0 atom stereocenters. The van der Waals surface area contributed by atoms with Gasteiger partial charge >= 0.3 is 5.97 Å². The summed E-state index contributed by atoms with van der Waals surface area (Å²) in [6.07, 6.45) is 8.02. The number of para-hydroxylation sites is 1. The van der Waals surface area contributed by atoms with Gasteiger partial charge in [-0.1, -0.05) is 12.1 Å². The molecule has 1 aromatic carbocycles. The van der Waals surface area contributed by atoms with Gasteiger partial charge in [0.05, 0.1) is 0 Å². The molecule has 4 heteroatoms. The van der Waals surface area contributed by atoms with Crippen LogP contribution in [0.2, 0.25) is 0 Å². The Labute approximate surface area is 113 Å². The van der Waals surface area contributed by atoms with Gasteiger partial charge in [-0.2, -0.15) is 0 Å². The summed E-state index contributed by atoms with van der Waals surface area (Å²) in [7, 11) is 0. The van der Waals surface area contributed by atoms with Crippen LogP contribution in [0, 0.1) is 12.3 Å². The maximum atomic E-state index is 10.9. The highest BCUT2D eigenvalue weighted by Crippen LogP contribution is 2.17. The van der Waals surface area contributed by atoms with Crippen LogP contribution in [-0.2, 0) is 0 Å². The number of hydrogen-bond donors (Lipinski definition) is 2. The average molecular weight is 261 g/mol. The molecule has 0 spiro atoms. The van der Waals surface area contributed by atoms with E-state index in [1.807, 2.05) is 0 Å². The Morgan fingerprint density at radius 1 is 1.32 bits per heavy atom. The normalized spacial score (nSPS) is 9.84. The fourth-order valence-electron chi connectivity index (χ4n) is 1.60. The minimum Gasteiger partial charge on any atom is -0.491 e. The predicted molar refractivity (Wildman–Crippen MR) is 74.5 cm³/mol. The molecule has 4 nitrogen and oxygen atoms in total. The number of terminal acetylenes is 1. The lowest BCUT2D eigenvalue weighted by Crippen LogP contribution is -2.22. The van der Waals surface area contributed by atoms with Crippen LogP contribution in [0.1, 0.15) is 29.6 Å². The molecule has 0 bridgehead atoms. The van der Waals surface area contributed by atoms with Crippen LogP contribution in [0.4, 0.5) is 0 Å². The molecule has 0 aromatic heterocycles. The van der Waals surface area contributed by atoms with Gasteiger partial charge < -0.3 is 15.2 Å². The van der Waals surface area contributed by atoms with Crippen LogP contribution in [0.3, 0.4) is 0 Å². The molecule has 102 valence electrons. The van der Waals surface area contributed by atoms with Gasteiger partial charge in [0.15, 0.2) is 0 Å². The highest BCUT2D eigenvalue weighted by molar-refractivity contribution is 5.90.